The van der Waals surface area contributed by atoms with Gasteiger partial charge in [-0.25, -0.2) is 9.78 Å². The minimum atomic E-state index is 0.0326. The number of nitrogens with one attached hydrogen (secondary N) is 1. The standard InChI is InChI=1S/C20H29N5O2/c1-23-17-6-3-2-5-16(17)22-19(23)18-7-4-10-25(18)20(27)21-15-8-11-24(12-9-15)13-14-26/h2-3,5-6,15,18,26H,4,7-14H2,1H3,(H,21,27)/t18-/m1/s1. The first-order valence-corrected chi connectivity index (χ1v) is 9.99. The molecular formula is C20H29N5O2. The zero-order valence-electron chi connectivity index (χ0n) is 16.0. The molecule has 2 aliphatic heterocycles. The van der Waals surface area contributed by atoms with Crippen LogP contribution in [0.4, 0.5) is 4.79 Å². The first-order chi connectivity index (χ1) is 13.2. The lowest BCUT2D eigenvalue weighted by Gasteiger charge is -2.33. The van der Waals surface area contributed by atoms with Gasteiger partial charge in [0, 0.05) is 39.3 Å². The number of β-amino-alcohol motifs (C(OH)–C–C–N with tert-alkyl or cyclic N) is 1. The van der Waals surface area contributed by atoms with Gasteiger partial charge in [0.2, 0.25) is 0 Å². The Labute approximate surface area is 160 Å². The summed E-state index contributed by atoms with van der Waals surface area (Å²) in [6.45, 7) is 3.56. The van der Waals surface area contributed by atoms with Gasteiger partial charge in [-0.15, -0.1) is 0 Å². The summed E-state index contributed by atoms with van der Waals surface area (Å²) in [6.07, 6.45) is 3.85. The van der Waals surface area contributed by atoms with Crippen molar-refractivity contribution in [3.63, 3.8) is 0 Å². The number of fused-ring (bicyclic) bond motifs is 1. The molecule has 3 heterocycles. The largest absolute Gasteiger partial charge is 0.395 e. The third-order valence-corrected chi connectivity index (χ3v) is 5.96. The maximum absolute atomic E-state index is 13.0. The predicted molar refractivity (Wildman–Crippen MR) is 104 cm³/mol. The molecule has 7 nitrogen and oxygen atoms in total. The van der Waals surface area contributed by atoms with Crippen LogP contribution in [0.1, 0.15) is 37.5 Å². The molecule has 2 aliphatic rings. The average Bonchev–Trinajstić information content (AvgIpc) is 3.29. The molecule has 0 unspecified atom stereocenters. The fraction of sp³-hybridized carbons (Fsp3) is 0.600. The lowest BCUT2D eigenvalue weighted by molar-refractivity contribution is 0.148. The van der Waals surface area contributed by atoms with Crippen LogP contribution in [-0.4, -0.2) is 69.3 Å². The van der Waals surface area contributed by atoms with E-state index in [-0.39, 0.29) is 24.7 Å². The summed E-state index contributed by atoms with van der Waals surface area (Å²) in [4.78, 5) is 22.0. The van der Waals surface area contributed by atoms with Crippen LogP contribution in [0.15, 0.2) is 24.3 Å². The van der Waals surface area contributed by atoms with Crippen molar-refractivity contribution in [2.45, 2.75) is 37.8 Å². The Morgan fingerprint density at radius 2 is 2.00 bits per heavy atom. The van der Waals surface area contributed by atoms with Gasteiger partial charge in [0.25, 0.3) is 0 Å². The highest BCUT2D eigenvalue weighted by Crippen LogP contribution is 2.33. The molecule has 0 radical (unpaired) electrons. The molecule has 4 rings (SSSR count). The fourth-order valence-electron chi connectivity index (χ4n) is 4.44. The van der Waals surface area contributed by atoms with E-state index in [1.807, 2.05) is 30.1 Å². The van der Waals surface area contributed by atoms with E-state index in [0.29, 0.717) is 0 Å². The molecule has 2 amide bonds. The van der Waals surface area contributed by atoms with Gasteiger partial charge in [-0.1, -0.05) is 12.1 Å². The minimum Gasteiger partial charge on any atom is -0.395 e. The third-order valence-electron chi connectivity index (χ3n) is 5.96. The van der Waals surface area contributed by atoms with Gasteiger partial charge in [0.15, 0.2) is 0 Å². The second-order valence-corrected chi connectivity index (χ2v) is 7.66. The summed E-state index contributed by atoms with van der Waals surface area (Å²) in [7, 11) is 2.04. The van der Waals surface area contributed by atoms with Crippen molar-refractivity contribution in [1.29, 1.82) is 0 Å². The van der Waals surface area contributed by atoms with Crippen LogP contribution in [0, 0.1) is 0 Å². The summed E-state index contributed by atoms with van der Waals surface area (Å²) in [6, 6.07) is 8.41. The number of hydrogen-bond donors (Lipinski definition) is 2. The number of carbonyl (C=O) groups is 1. The number of aliphatic hydroxyl groups is 1. The van der Waals surface area contributed by atoms with Gasteiger partial charge in [-0.05, 0) is 37.8 Å². The number of nitrogens with zero attached hydrogens (tertiary/aromatic N) is 4. The molecule has 2 N–H and O–H groups in total. The van der Waals surface area contributed by atoms with Crippen LogP contribution in [-0.2, 0) is 7.05 Å². The van der Waals surface area contributed by atoms with Crippen LogP contribution in [0.5, 0.6) is 0 Å². The monoisotopic (exact) mass is 371 g/mol. The fourth-order valence-corrected chi connectivity index (χ4v) is 4.44. The highest BCUT2D eigenvalue weighted by molar-refractivity contribution is 5.77. The lowest BCUT2D eigenvalue weighted by atomic mass is 10.1. The molecule has 146 valence electrons. The molecule has 0 spiro atoms. The summed E-state index contributed by atoms with van der Waals surface area (Å²) in [5.74, 6) is 0.974. The molecule has 2 fully saturated rings. The van der Waals surface area contributed by atoms with E-state index in [1.54, 1.807) is 0 Å². The van der Waals surface area contributed by atoms with Crippen molar-refractivity contribution in [3.8, 4) is 0 Å². The molecule has 2 saturated heterocycles. The number of likely N-dealkylation sites (tertiary alicyclic amines) is 2. The Hall–Kier alpha value is -2.12. The Balaban J connectivity index is 1.43. The maximum atomic E-state index is 13.0. The van der Waals surface area contributed by atoms with Gasteiger partial charge in [0.1, 0.15) is 5.82 Å². The molecular weight excluding hydrogens is 342 g/mol. The number of aromatic nitrogens is 2. The van der Waals surface area contributed by atoms with Gasteiger partial charge in [-0.2, -0.15) is 0 Å². The number of benzene rings is 1. The van der Waals surface area contributed by atoms with Crippen molar-refractivity contribution >= 4 is 17.1 Å². The van der Waals surface area contributed by atoms with E-state index >= 15 is 0 Å². The Bertz CT molecular complexity index is 797. The molecule has 1 aromatic carbocycles. The molecule has 2 aromatic rings. The van der Waals surface area contributed by atoms with Crippen molar-refractivity contribution < 1.29 is 9.90 Å². The Kier molecular flexibility index (Phi) is 5.31. The third kappa shape index (κ3) is 3.66. The average molecular weight is 371 g/mol. The van der Waals surface area contributed by atoms with E-state index < -0.39 is 0 Å². The van der Waals surface area contributed by atoms with E-state index in [0.717, 1.165) is 68.7 Å². The number of para-hydroxylation sites is 2. The van der Waals surface area contributed by atoms with Crippen LogP contribution >= 0.6 is 0 Å². The van der Waals surface area contributed by atoms with E-state index in [1.165, 1.54) is 0 Å². The highest BCUT2D eigenvalue weighted by Gasteiger charge is 2.34. The van der Waals surface area contributed by atoms with Crippen molar-refractivity contribution in [1.82, 2.24) is 24.7 Å². The molecule has 1 aromatic heterocycles. The van der Waals surface area contributed by atoms with Gasteiger partial charge < -0.3 is 24.8 Å². The Morgan fingerprint density at radius 3 is 2.74 bits per heavy atom. The summed E-state index contributed by atoms with van der Waals surface area (Å²) >= 11 is 0. The Morgan fingerprint density at radius 1 is 1.22 bits per heavy atom. The van der Waals surface area contributed by atoms with Crippen LogP contribution < -0.4 is 5.32 Å². The molecule has 7 heteroatoms. The van der Waals surface area contributed by atoms with Gasteiger partial charge in [0.05, 0.1) is 23.7 Å². The normalized spacial score (nSPS) is 21.9. The second kappa shape index (κ2) is 7.86. The summed E-state index contributed by atoms with van der Waals surface area (Å²) in [5.41, 5.74) is 2.09. The zero-order valence-corrected chi connectivity index (χ0v) is 16.0. The maximum Gasteiger partial charge on any atom is 0.318 e. The first-order valence-electron chi connectivity index (χ1n) is 9.99. The highest BCUT2D eigenvalue weighted by atomic mass is 16.3. The van der Waals surface area contributed by atoms with E-state index in [2.05, 4.69) is 20.9 Å². The van der Waals surface area contributed by atoms with Crippen LogP contribution in [0.3, 0.4) is 0 Å². The molecule has 0 saturated carbocycles. The molecule has 0 bridgehead atoms. The summed E-state index contributed by atoms with van der Waals surface area (Å²) in [5, 5.41) is 12.3. The van der Waals surface area contributed by atoms with Crippen molar-refractivity contribution in [2.75, 3.05) is 32.8 Å². The molecule has 0 aliphatic carbocycles. The zero-order chi connectivity index (χ0) is 18.8. The second-order valence-electron chi connectivity index (χ2n) is 7.66. The topological polar surface area (TPSA) is 73.6 Å². The number of aryl methyl sites for hydroxylation is 1. The first kappa shape index (κ1) is 18.3. The molecule has 1 atom stereocenters. The quantitative estimate of drug-likeness (QED) is 0.861. The predicted octanol–water partition coefficient (Wildman–Crippen LogP) is 1.88. The number of hydrogen-bond acceptors (Lipinski definition) is 4. The van der Waals surface area contributed by atoms with Crippen LogP contribution in [0.2, 0.25) is 0 Å². The van der Waals surface area contributed by atoms with Gasteiger partial charge >= 0.3 is 6.03 Å². The summed E-state index contributed by atoms with van der Waals surface area (Å²) < 4.78 is 2.12. The van der Waals surface area contributed by atoms with Crippen molar-refractivity contribution in [3.05, 3.63) is 30.1 Å². The number of rotatable bonds is 4. The minimum absolute atomic E-state index is 0.0326. The van der Waals surface area contributed by atoms with Gasteiger partial charge in [-0.3, -0.25) is 0 Å². The van der Waals surface area contributed by atoms with Crippen molar-refractivity contribution in [2.24, 2.45) is 7.05 Å². The molecule has 27 heavy (non-hydrogen) atoms. The lowest BCUT2D eigenvalue weighted by Crippen LogP contribution is -2.49. The van der Waals surface area contributed by atoms with E-state index in [4.69, 9.17) is 10.1 Å². The number of carbonyl (C=O) groups excluding carboxylic acids is 1. The smallest absolute Gasteiger partial charge is 0.318 e. The number of aliphatic hydroxyl groups excluding tert-OH is 1. The SMILES string of the molecule is Cn1c([C@H]2CCCN2C(=O)NC2CCN(CCO)CC2)nc2ccccc21. The number of urea groups is 1. The van der Waals surface area contributed by atoms with Crippen LogP contribution in [0.25, 0.3) is 11.0 Å². The van der Waals surface area contributed by atoms with E-state index in [9.17, 15) is 4.79 Å². The number of imidazole rings is 1. The number of piperidine rings is 1. The number of amides is 2.